The number of carbonyl (C=O) groups is 2. The molecule has 8 nitrogen and oxygen atoms in total. The van der Waals surface area contributed by atoms with Gasteiger partial charge in [0, 0.05) is 23.0 Å². The second-order valence-corrected chi connectivity index (χ2v) is 8.00. The Balaban J connectivity index is 1.67. The lowest BCUT2D eigenvalue weighted by Crippen LogP contribution is -2.24. The molecule has 0 saturated carbocycles. The van der Waals surface area contributed by atoms with Gasteiger partial charge in [-0.1, -0.05) is 48.5 Å². The molecule has 0 aliphatic heterocycles. The molecule has 0 spiro atoms. The van der Waals surface area contributed by atoms with Gasteiger partial charge in [-0.3, -0.25) is 4.79 Å². The average Bonchev–Trinajstić information content (AvgIpc) is 3.23. The van der Waals surface area contributed by atoms with E-state index in [2.05, 4.69) is 10.3 Å². The lowest BCUT2D eigenvalue weighted by atomic mass is 10.00. The summed E-state index contributed by atoms with van der Waals surface area (Å²) in [5, 5.41) is 14.6. The first-order valence-corrected chi connectivity index (χ1v) is 11.5. The highest BCUT2D eigenvalue weighted by atomic mass is 16.5. The van der Waals surface area contributed by atoms with Gasteiger partial charge in [0.05, 0.1) is 42.8 Å². The van der Waals surface area contributed by atoms with Crippen LogP contribution in [0.2, 0.25) is 0 Å². The summed E-state index contributed by atoms with van der Waals surface area (Å²) in [5.41, 5.74) is 4.60. The summed E-state index contributed by atoms with van der Waals surface area (Å²) in [6.07, 6.45) is 0. The summed E-state index contributed by atoms with van der Waals surface area (Å²) in [4.78, 5) is 31.3. The van der Waals surface area contributed by atoms with E-state index in [1.807, 2.05) is 54.6 Å². The summed E-state index contributed by atoms with van der Waals surface area (Å²) < 4.78 is 9.73. The zero-order valence-electron chi connectivity index (χ0n) is 20.1. The molecule has 0 aliphatic carbocycles. The number of H-pyrrole nitrogens is 1. The first kappa shape index (κ1) is 24.7. The van der Waals surface area contributed by atoms with Gasteiger partial charge in [0.2, 0.25) is 0 Å². The van der Waals surface area contributed by atoms with Crippen LogP contribution < -0.4 is 5.32 Å². The molecule has 0 aliphatic rings. The molecule has 8 heteroatoms. The van der Waals surface area contributed by atoms with E-state index in [4.69, 9.17) is 14.5 Å². The molecule has 0 radical (unpaired) electrons. The molecule has 3 aromatic carbocycles. The number of hydrogen-bond donors (Lipinski definition) is 3. The summed E-state index contributed by atoms with van der Waals surface area (Å²) >= 11 is 0. The predicted octanol–water partition coefficient (Wildman–Crippen LogP) is 4.48. The second-order valence-electron chi connectivity index (χ2n) is 8.00. The normalized spacial score (nSPS) is 11.4. The third-order valence-electron chi connectivity index (χ3n) is 5.56. The molecule has 0 amide bonds. The van der Waals surface area contributed by atoms with Crippen LogP contribution in [0.25, 0.3) is 10.9 Å². The number of methoxy groups -OCH3 is 1. The summed E-state index contributed by atoms with van der Waals surface area (Å²) in [5.74, 6) is -0.792. The lowest BCUT2D eigenvalue weighted by molar-refractivity contribution is -0.142. The fourth-order valence-electron chi connectivity index (χ4n) is 3.87. The summed E-state index contributed by atoms with van der Waals surface area (Å²) in [7, 11) is 1.33. The quantitative estimate of drug-likeness (QED) is 0.238. The molecule has 4 aromatic rings. The topological polar surface area (TPSA) is 113 Å². The highest BCUT2D eigenvalue weighted by Crippen LogP contribution is 2.32. The van der Waals surface area contributed by atoms with Gasteiger partial charge in [0.15, 0.2) is 5.88 Å². The molecule has 0 unspecified atom stereocenters. The van der Waals surface area contributed by atoms with E-state index in [1.165, 1.54) is 7.11 Å². The van der Waals surface area contributed by atoms with E-state index in [1.54, 1.807) is 25.1 Å². The molecule has 0 atom stereocenters. The minimum Gasteiger partial charge on any atom is -0.494 e. The maximum Gasteiger partial charge on any atom is 0.337 e. The Morgan fingerprint density at radius 1 is 1.00 bits per heavy atom. The number of hydrogen-bond acceptors (Lipinski definition) is 7. The first-order valence-electron chi connectivity index (χ1n) is 11.5. The van der Waals surface area contributed by atoms with Crippen molar-refractivity contribution in [2.75, 3.05) is 20.3 Å². The number of carbonyl (C=O) groups excluding carboxylic acids is 2. The van der Waals surface area contributed by atoms with Crippen LogP contribution in [0.5, 0.6) is 5.88 Å². The number of rotatable bonds is 9. The van der Waals surface area contributed by atoms with Gasteiger partial charge in [-0.05, 0) is 36.8 Å². The number of nitrogens with one attached hydrogen (secondary N) is 2. The van der Waals surface area contributed by atoms with Crippen molar-refractivity contribution in [3.63, 3.8) is 0 Å². The van der Waals surface area contributed by atoms with E-state index in [0.29, 0.717) is 41.2 Å². The van der Waals surface area contributed by atoms with Crippen molar-refractivity contribution in [1.29, 1.82) is 0 Å². The highest BCUT2D eigenvalue weighted by molar-refractivity contribution is 6.22. The highest BCUT2D eigenvalue weighted by Gasteiger charge is 2.20. The van der Waals surface area contributed by atoms with Gasteiger partial charge in [0.25, 0.3) is 0 Å². The Morgan fingerprint density at radius 3 is 2.44 bits per heavy atom. The molecule has 0 bridgehead atoms. The van der Waals surface area contributed by atoms with Crippen LogP contribution in [-0.2, 0) is 20.8 Å². The SMILES string of the molecule is CCOC(=O)CNCc1ccc(N=C(c2ccccc2)c2c(O)[nH]c3cc(C(=O)OC)ccc23)cc1. The van der Waals surface area contributed by atoms with Gasteiger partial charge >= 0.3 is 11.9 Å². The number of aromatic nitrogens is 1. The molecule has 184 valence electrons. The fourth-order valence-corrected chi connectivity index (χ4v) is 3.87. The largest absolute Gasteiger partial charge is 0.494 e. The van der Waals surface area contributed by atoms with Crippen LogP contribution in [0.3, 0.4) is 0 Å². The number of benzene rings is 3. The van der Waals surface area contributed by atoms with Gasteiger partial charge in [-0.25, -0.2) is 9.79 Å². The predicted molar refractivity (Wildman–Crippen MR) is 138 cm³/mol. The van der Waals surface area contributed by atoms with Crippen LogP contribution in [0.15, 0.2) is 77.8 Å². The second kappa shape index (κ2) is 11.3. The van der Waals surface area contributed by atoms with Crippen molar-refractivity contribution < 1.29 is 24.2 Å². The van der Waals surface area contributed by atoms with Crippen molar-refractivity contribution in [2.45, 2.75) is 13.5 Å². The zero-order valence-corrected chi connectivity index (χ0v) is 20.1. The Hall–Kier alpha value is -4.43. The van der Waals surface area contributed by atoms with E-state index < -0.39 is 5.97 Å². The van der Waals surface area contributed by atoms with Gasteiger partial charge < -0.3 is 24.9 Å². The lowest BCUT2D eigenvalue weighted by Gasteiger charge is -2.09. The van der Waals surface area contributed by atoms with Crippen LogP contribution in [0.4, 0.5) is 5.69 Å². The zero-order chi connectivity index (χ0) is 25.5. The molecule has 0 saturated heterocycles. The average molecular weight is 486 g/mol. The van der Waals surface area contributed by atoms with Crippen molar-refractivity contribution in [3.8, 4) is 5.88 Å². The summed E-state index contributed by atoms with van der Waals surface area (Å²) in [6, 6.07) is 22.3. The minimum absolute atomic E-state index is 0.0468. The smallest absolute Gasteiger partial charge is 0.337 e. The minimum atomic E-state index is -0.457. The Labute approximate surface area is 208 Å². The molecule has 1 heterocycles. The summed E-state index contributed by atoms with van der Waals surface area (Å²) in [6.45, 7) is 2.79. The molecule has 1 aromatic heterocycles. The number of fused-ring (bicyclic) bond motifs is 1. The Kier molecular flexibility index (Phi) is 7.77. The number of aromatic amines is 1. The number of nitrogens with zero attached hydrogens (tertiary/aromatic N) is 1. The molecular formula is C28H27N3O5. The molecular weight excluding hydrogens is 458 g/mol. The maximum atomic E-state index is 12.0. The van der Waals surface area contributed by atoms with Crippen LogP contribution in [0.1, 0.15) is 34.0 Å². The fraction of sp³-hybridized carbons (Fsp3) is 0.179. The monoisotopic (exact) mass is 485 g/mol. The molecule has 36 heavy (non-hydrogen) atoms. The van der Waals surface area contributed by atoms with E-state index >= 15 is 0 Å². The van der Waals surface area contributed by atoms with Gasteiger partial charge in [-0.2, -0.15) is 0 Å². The first-order chi connectivity index (χ1) is 17.5. The van der Waals surface area contributed by atoms with Crippen molar-refractivity contribution in [2.24, 2.45) is 4.99 Å². The van der Waals surface area contributed by atoms with Crippen LogP contribution in [0, 0.1) is 0 Å². The number of esters is 2. The molecule has 0 fully saturated rings. The van der Waals surface area contributed by atoms with Crippen molar-refractivity contribution in [1.82, 2.24) is 10.3 Å². The third-order valence-corrected chi connectivity index (χ3v) is 5.56. The third kappa shape index (κ3) is 5.61. The standard InChI is InChI=1S/C28H27N3O5/c1-3-36-24(32)17-29-16-18-9-12-21(13-10-18)30-26(19-7-5-4-6-8-19)25-22-14-11-20(28(34)35-2)15-23(22)31-27(25)33/h4-15,29,31,33H,3,16-17H2,1-2H3. The molecule has 3 N–H and O–H groups in total. The van der Waals surface area contributed by atoms with Crippen molar-refractivity contribution in [3.05, 3.63) is 95.1 Å². The van der Waals surface area contributed by atoms with Gasteiger partial charge in [0.1, 0.15) is 0 Å². The van der Waals surface area contributed by atoms with E-state index in [9.17, 15) is 14.7 Å². The number of aromatic hydroxyl groups is 1. The number of ether oxygens (including phenoxy) is 2. The molecule has 4 rings (SSSR count). The van der Waals surface area contributed by atoms with Crippen LogP contribution in [-0.4, -0.2) is 48.0 Å². The maximum absolute atomic E-state index is 12.0. The van der Waals surface area contributed by atoms with Gasteiger partial charge in [-0.15, -0.1) is 0 Å². The van der Waals surface area contributed by atoms with Crippen molar-refractivity contribution >= 4 is 34.2 Å². The number of aliphatic imine (C=N–C) groups is 1. The Bertz CT molecular complexity index is 1390. The van der Waals surface area contributed by atoms with E-state index in [-0.39, 0.29) is 18.4 Å². The van der Waals surface area contributed by atoms with Crippen LogP contribution >= 0.6 is 0 Å². The van der Waals surface area contributed by atoms with E-state index in [0.717, 1.165) is 16.5 Å². The Morgan fingerprint density at radius 2 is 1.75 bits per heavy atom.